The highest BCUT2D eigenvalue weighted by atomic mass is 16.7. The summed E-state index contributed by atoms with van der Waals surface area (Å²) < 4.78 is 22.7. The van der Waals surface area contributed by atoms with Gasteiger partial charge >= 0.3 is 14.0 Å². The van der Waals surface area contributed by atoms with Crippen LogP contribution in [0.3, 0.4) is 0 Å². The lowest BCUT2D eigenvalue weighted by atomic mass is 9.49. The molecule has 4 amide bonds. The van der Waals surface area contributed by atoms with Gasteiger partial charge in [-0.25, -0.2) is 0 Å². The molecule has 0 aromatic heterocycles. The van der Waals surface area contributed by atoms with Crippen molar-refractivity contribution < 1.29 is 37.8 Å². The molecule has 2 aliphatic heterocycles. The molecule has 166 valence electrons. The van der Waals surface area contributed by atoms with Crippen LogP contribution in [0.25, 0.3) is 0 Å². The molecule has 0 aromatic carbocycles. The summed E-state index contributed by atoms with van der Waals surface area (Å²) >= 11 is 0. The molecule has 12 nitrogen and oxygen atoms in total. The van der Waals surface area contributed by atoms with Crippen LogP contribution >= 0.6 is 0 Å². The second-order valence-electron chi connectivity index (χ2n) is 7.89. The molecule has 14 heteroatoms. The fraction of sp³-hybridized carbons (Fsp3) is 0.750. The highest BCUT2D eigenvalue weighted by Gasteiger charge is 2.61. The minimum Gasteiger partial charge on any atom is -0.399 e. The topological polar surface area (TPSA) is 118 Å². The lowest BCUT2D eigenvalue weighted by Crippen LogP contribution is -2.47. The average Bonchev–Trinajstić information content (AvgIpc) is 3.29. The number of amides is 4. The Hall–Kier alpha value is -2.15. The van der Waals surface area contributed by atoms with Crippen LogP contribution in [0.4, 0.5) is 0 Å². The van der Waals surface area contributed by atoms with E-state index in [2.05, 4.69) is 0 Å². The predicted octanol–water partition coefficient (Wildman–Crippen LogP) is -3.04. The Morgan fingerprint density at radius 1 is 0.467 bits per heavy atom. The molecule has 4 atom stereocenters. The fourth-order valence-electron chi connectivity index (χ4n) is 2.95. The molecule has 0 aliphatic carbocycles. The summed E-state index contributed by atoms with van der Waals surface area (Å²) in [6.07, 6.45) is -4.89. The van der Waals surface area contributed by atoms with E-state index in [0.29, 0.717) is 0 Å². The quantitative estimate of drug-likeness (QED) is 0.426. The number of nitrogens with zero attached hydrogens (tertiary/aromatic N) is 4. The highest BCUT2D eigenvalue weighted by Crippen LogP contribution is 2.28. The molecule has 0 radical (unpaired) electrons. The fourth-order valence-corrected chi connectivity index (χ4v) is 2.95. The monoisotopic (exact) mass is 426 g/mol. The largest absolute Gasteiger partial charge is 0.489 e. The van der Waals surface area contributed by atoms with Crippen LogP contribution in [0, 0.1) is 0 Å². The van der Waals surface area contributed by atoms with Gasteiger partial charge in [-0.05, 0) is 0 Å². The third kappa shape index (κ3) is 4.77. The normalized spacial score (nSPS) is 25.9. The average molecular weight is 426 g/mol. The maximum atomic E-state index is 12.5. The smallest absolute Gasteiger partial charge is 0.399 e. The van der Waals surface area contributed by atoms with Crippen LogP contribution in [0.2, 0.25) is 0 Å². The van der Waals surface area contributed by atoms with Crippen LogP contribution in [0.15, 0.2) is 0 Å². The molecule has 2 aliphatic rings. The second kappa shape index (κ2) is 9.33. The molecule has 2 saturated heterocycles. The SMILES string of the molecule is CN(C)C(=O)C1OB(B2OC(C(=O)N(C)C)C(C(=O)N(C)C)O2)OC1C(=O)N(C)C. The maximum absolute atomic E-state index is 12.5. The first-order chi connectivity index (χ1) is 13.9. The summed E-state index contributed by atoms with van der Waals surface area (Å²) in [5.74, 6) is -1.90. The molecule has 0 N–H and O–H groups in total. The third-order valence-corrected chi connectivity index (χ3v) is 4.63. The van der Waals surface area contributed by atoms with E-state index in [4.69, 9.17) is 18.6 Å². The van der Waals surface area contributed by atoms with Gasteiger partial charge in [0, 0.05) is 56.4 Å². The van der Waals surface area contributed by atoms with E-state index < -0.39 is 62.1 Å². The van der Waals surface area contributed by atoms with Crippen LogP contribution in [-0.4, -0.2) is 138 Å². The van der Waals surface area contributed by atoms with Crippen molar-refractivity contribution in [2.24, 2.45) is 0 Å². The van der Waals surface area contributed by atoms with E-state index >= 15 is 0 Å². The van der Waals surface area contributed by atoms with Gasteiger partial charge in [0.05, 0.1) is 0 Å². The third-order valence-electron chi connectivity index (χ3n) is 4.63. The predicted molar refractivity (Wildman–Crippen MR) is 106 cm³/mol. The van der Waals surface area contributed by atoms with Crippen molar-refractivity contribution in [3.8, 4) is 0 Å². The Morgan fingerprint density at radius 2 is 0.633 bits per heavy atom. The minimum atomic E-state index is -1.29. The van der Waals surface area contributed by atoms with Gasteiger partial charge < -0.3 is 38.2 Å². The zero-order chi connectivity index (χ0) is 22.9. The van der Waals surface area contributed by atoms with Gasteiger partial charge in [-0.1, -0.05) is 0 Å². The van der Waals surface area contributed by atoms with Gasteiger partial charge in [-0.15, -0.1) is 0 Å². The highest BCUT2D eigenvalue weighted by molar-refractivity contribution is 7.11. The molecule has 2 fully saturated rings. The number of rotatable bonds is 5. The van der Waals surface area contributed by atoms with Crippen molar-refractivity contribution in [3.63, 3.8) is 0 Å². The van der Waals surface area contributed by atoms with Crippen molar-refractivity contribution in [2.75, 3.05) is 56.4 Å². The molecule has 0 aromatic rings. The van der Waals surface area contributed by atoms with E-state index in [1.165, 1.54) is 76.0 Å². The van der Waals surface area contributed by atoms with Gasteiger partial charge in [0.15, 0.2) is 24.4 Å². The second-order valence-corrected chi connectivity index (χ2v) is 7.89. The van der Waals surface area contributed by atoms with E-state index in [1.54, 1.807) is 0 Å². The summed E-state index contributed by atoms with van der Waals surface area (Å²) in [6.45, 7) is 0. The van der Waals surface area contributed by atoms with E-state index in [9.17, 15) is 19.2 Å². The van der Waals surface area contributed by atoms with Gasteiger partial charge in [0.2, 0.25) is 0 Å². The van der Waals surface area contributed by atoms with Crippen molar-refractivity contribution in [1.29, 1.82) is 0 Å². The summed E-state index contributed by atoms with van der Waals surface area (Å²) in [5, 5.41) is 0. The number of hydrogen-bond donors (Lipinski definition) is 0. The van der Waals surface area contributed by atoms with Crippen LogP contribution in [-0.2, 0) is 37.8 Å². The number of likely N-dealkylation sites (N-methyl/N-ethyl adjacent to an activating group) is 4. The first-order valence-corrected chi connectivity index (χ1v) is 9.33. The molecule has 2 heterocycles. The Kier molecular flexibility index (Phi) is 7.50. The number of carbonyl (C=O) groups is 4. The van der Waals surface area contributed by atoms with Crippen LogP contribution in [0.1, 0.15) is 0 Å². The lowest BCUT2D eigenvalue weighted by Gasteiger charge is -2.22. The van der Waals surface area contributed by atoms with Gasteiger partial charge in [0.1, 0.15) is 0 Å². The molecule has 0 saturated carbocycles. The zero-order valence-electron chi connectivity index (χ0n) is 18.5. The van der Waals surface area contributed by atoms with Gasteiger partial charge in [-0.3, -0.25) is 19.2 Å². The minimum absolute atomic E-state index is 0.475. The Morgan fingerprint density at radius 3 is 0.767 bits per heavy atom. The molecule has 0 bridgehead atoms. The Bertz CT molecular complexity index is 591. The summed E-state index contributed by atoms with van der Waals surface area (Å²) in [5.41, 5.74) is 0. The molecular formula is C16H28B2N4O8. The van der Waals surface area contributed by atoms with E-state index in [0.717, 1.165) is 0 Å². The first kappa shape index (κ1) is 24.1. The lowest BCUT2D eigenvalue weighted by molar-refractivity contribution is -0.146. The summed E-state index contributed by atoms with van der Waals surface area (Å²) in [6, 6.07) is 0. The van der Waals surface area contributed by atoms with Crippen molar-refractivity contribution in [1.82, 2.24) is 19.6 Å². The van der Waals surface area contributed by atoms with E-state index in [1.807, 2.05) is 0 Å². The van der Waals surface area contributed by atoms with Crippen LogP contribution in [0.5, 0.6) is 0 Å². The molecule has 30 heavy (non-hydrogen) atoms. The number of hydrogen-bond acceptors (Lipinski definition) is 8. The Balaban J connectivity index is 2.27. The maximum Gasteiger partial charge on any atom is 0.489 e. The van der Waals surface area contributed by atoms with Crippen molar-refractivity contribution in [2.45, 2.75) is 24.4 Å². The standard InChI is InChI=1S/C16H28B2N4O8/c1-19(2)13(23)9-10(14(24)20(3)4)28-17(27-9)18-29-11(15(25)21(5)6)12(30-18)16(26)22(7)8/h9-12H,1-8H3. The molecular weight excluding hydrogens is 398 g/mol. The molecule has 2 rings (SSSR count). The number of carbonyl (C=O) groups excluding carboxylic acids is 4. The van der Waals surface area contributed by atoms with Crippen molar-refractivity contribution >= 4 is 37.6 Å². The van der Waals surface area contributed by atoms with Crippen molar-refractivity contribution in [3.05, 3.63) is 0 Å². The van der Waals surface area contributed by atoms with Gasteiger partial charge in [0.25, 0.3) is 23.6 Å². The first-order valence-electron chi connectivity index (χ1n) is 9.33. The van der Waals surface area contributed by atoms with Gasteiger partial charge in [-0.2, -0.15) is 0 Å². The Labute approximate surface area is 176 Å². The molecule has 0 spiro atoms. The van der Waals surface area contributed by atoms with Crippen LogP contribution < -0.4 is 0 Å². The zero-order valence-corrected chi connectivity index (χ0v) is 18.5. The van der Waals surface area contributed by atoms with E-state index in [-0.39, 0.29) is 0 Å². The summed E-state index contributed by atoms with van der Waals surface area (Å²) in [4.78, 5) is 55.2. The summed E-state index contributed by atoms with van der Waals surface area (Å²) in [7, 11) is 9.62. The molecule has 4 unspecified atom stereocenters.